The molecule has 0 aliphatic carbocycles. The van der Waals surface area contributed by atoms with Crippen molar-refractivity contribution in [1.82, 2.24) is 14.8 Å². The van der Waals surface area contributed by atoms with Gasteiger partial charge in [-0.25, -0.2) is 9.67 Å². The molecule has 2 heterocycles. The number of amides is 1. The number of hydrogen-bond donors (Lipinski definition) is 1. The second kappa shape index (κ2) is 5.49. The van der Waals surface area contributed by atoms with Crippen molar-refractivity contribution < 1.29 is 4.79 Å². The number of benzene rings is 1. The molecule has 0 saturated carbocycles. The van der Waals surface area contributed by atoms with E-state index in [1.54, 1.807) is 10.9 Å². The molecule has 0 aliphatic rings. The van der Waals surface area contributed by atoms with Crippen molar-refractivity contribution in [2.45, 2.75) is 13.8 Å². The van der Waals surface area contributed by atoms with Gasteiger partial charge >= 0.3 is 0 Å². The van der Waals surface area contributed by atoms with E-state index in [4.69, 9.17) is 0 Å². The predicted octanol–water partition coefficient (Wildman–Crippen LogP) is 3.20. The molecule has 0 spiro atoms. The van der Waals surface area contributed by atoms with Crippen LogP contribution < -0.4 is 5.32 Å². The molecule has 21 heavy (non-hydrogen) atoms. The number of thiazole rings is 1. The van der Waals surface area contributed by atoms with E-state index in [0.717, 1.165) is 22.1 Å². The Bertz CT molecular complexity index is 777. The number of hydrogen-bond acceptors (Lipinski definition) is 4. The summed E-state index contributed by atoms with van der Waals surface area (Å²) in [5.74, 6) is -0.141. The van der Waals surface area contributed by atoms with Crippen molar-refractivity contribution in [2.24, 2.45) is 0 Å². The molecule has 2 aromatic heterocycles. The van der Waals surface area contributed by atoms with Crippen molar-refractivity contribution in [3.05, 3.63) is 58.3 Å². The summed E-state index contributed by atoms with van der Waals surface area (Å²) in [5.41, 5.74) is 2.30. The van der Waals surface area contributed by atoms with Gasteiger partial charge in [0.1, 0.15) is 4.88 Å². The van der Waals surface area contributed by atoms with Crippen LogP contribution in [0.1, 0.15) is 20.4 Å². The van der Waals surface area contributed by atoms with Crippen molar-refractivity contribution in [3.8, 4) is 5.69 Å². The molecular weight excluding hydrogens is 284 g/mol. The zero-order valence-corrected chi connectivity index (χ0v) is 12.5. The highest BCUT2D eigenvalue weighted by Crippen LogP contribution is 2.22. The van der Waals surface area contributed by atoms with Gasteiger partial charge in [0.2, 0.25) is 0 Å². The second-order valence-electron chi connectivity index (χ2n) is 4.57. The van der Waals surface area contributed by atoms with E-state index >= 15 is 0 Å². The van der Waals surface area contributed by atoms with Gasteiger partial charge in [-0.05, 0) is 32.0 Å². The molecule has 0 radical (unpaired) electrons. The minimum absolute atomic E-state index is 0.141. The average molecular weight is 298 g/mol. The summed E-state index contributed by atoms with van der Waals surface area (Å²) in [5, 5.41) is 8.03. The SMILES string of the molecule is Cc1nc(C)c(C(=O)Nc2ccccc2-n2cccn2)s1. The molecule has 0 aliphatic heterocycles. The molecular formula is C15H14N4OS. The third-order valence-corrected chi connectivity index (χ3v) is 4.08. The molecule has 3 aromatic rings. The minimum atomic E-state index is -0.141. The van der Waals surface area contributed by atoms with Crippen LogP contribution in [0.25, 0.3) is 5.69 Å². The minimum Gasteiger partial charge on any atom is -0.319 e. The lowest BCUT2D eigenvalue weighted by Crippen LogP contribution is -2.13. The van der Waals surface area contributed by atoms with Gasteiger partial charge in [-0.15, -0.1) is 11.3 Å². The lowest BCUT2D eigenvalue weighted by atomic mass is 10.2. The van der Waals surface area contributed by atoms with Crippen LogP contribution >= 0.6 is 11.3 Å². The Balaban J connectivity index is 1.92. The van der Waals surface area contributed by atoms with Crippen molar-refractivity contribution in [1.29, 1.82) is 0 Å². The van der Waals surface area contributed by atoms with Crippen LogP contribution in [0.4, 0.5) is 5.69 Å². The predicted molar refractivity (Wildman–Crippen MR) is 83.1 cm³/mol. The maximum atomic E-state index is 12.4. The Morgan fingerprint density at radius 1 is 1.24 bits per heavy atom. The van der Waals surface area contributed by atoms with Gasteiger partial charge in [-0.2, -0.15) is 5.10 Å². The van der Waals surface area contributed by atoms with E-state index in [-0.39, 0.29) is 5.91 Å². The highest BCUT2D eigenvalue weighted by molar-refractivity contribution is 7.13. The fourth-order valence-corrected chi connectivity index (χ4v) is 2.93. The molecule has 0 saturated heterocycles. The van der Waals surface area contributed by atoms with E-state index in [1.165, 1.54) is 11.3 Å². The Labute approximate surface area is 126 Å². The molecule has 1 amide bonds. The summed E-state index contributed by atoms with van der Waals surface area (Å²) in [6.07, 6.45) is 3.54. The van der Waals surface area contributed by atoms with E-state index in [9.17, 15) is 4.79 Å². The molecule has 1 aromatic carbocycles. The summed E-state index contributed by atoms with van der Waals surface area (Å²) < 4.78 is 1.72. The number of carbonyl (C=O) groups is 1. The molecule has 6 heteroatoms. The lowest BCUT2D eigenvalue weighted by molar-refractivity contribution is 0.103. The summed E-state index contributed by atoms with van der Waals surface area (Å²) in [7, 11) is 0. The van der Waals surface area contributed by atoms with Crippen LogP contribution in [0.5, 0.6) is 0 Å². The third kappa shape index (κ3) is 2.71. The number of carbonyl (C=O) groups excluding carboxylic acids is 1. The molecule has 0 fully saturated rings. The van der Waals surface area contributed by atoms with Crippen LogP contribution in [0.15, 0.2) is 42.7 Å². The number of rotatable bonds is 3. The number of nitrogens with one attached hydrogen (secondary N) is 1. The van der Waals surface area contributed by atoms with E-state index in [0.29, 0.717) is 4.88 Å². The largest absolute Gasteiger partial charge is 0.319 e. The first-order chi connectivity index (χ1) is 10.1. The van der Waals surface area contributed by atoms with Gasteiger partial charge in [0.05, 0.1) is 22.1 Å². The van der Waals surface area contributed by atoms with Crippen molar-refractivity contribution in [2.75, 3.05) is 5.32 Å². The van der Waals surface area contributed by atoms with E-state index in [2.05, 4.69) is 15.4 Å². The molecule has 5 nitrogen and oxygen atoms in total. The van der Waals surface area contributed by atoms with Gasteiger partial charge in [0.15, 0.2) is 0 Å². The Hall–Kier alpha value is -2.47. The number of para-hydroxylation sites is 2. The van der Waals surface area contributed by atoms with Crippen LogP contribution in [0, 0.1) is 13.8 Å². The quantitative estimate of drug-likeness (QED) is 0.807. The smallest absolute Gasteiger partial charge is 0.267 e. The Morgan fingerprint density at radius 3 is 2.71 bits per heavy atom. The molecule has 0 bridgehead atoms. The number of aryl methyl sites for hydroxylation is 2. The van der Waals surface area contributed by atoms with E-state index < -0.39 is 0 Å². The molecule has 0 unspecified atom stereocenters. The highest BCUT2D eigenvalue weighted by atomic mass is 32.1. The van der Waals surface area contributed by atoms with Gasteiger partial charge in [0.25, 0.3) is 5.91 Å². The topological polar surface area (TPSA) is 59.8 Å². The average Bonchev–Trinajstić information content (AvgIpc) is 3.09. The van der Waals surface area contributed by atoms with Gasteiger partial charge in [-0.3, -0.25) is 4.79 Å². The van der Waals surface area contributed by atoms with Crippen LogP contribution in [0.2, 0.25) is 0 Å². The molecule has 106 valence electrons. The van der Waals surface area contributed by atoms with Crippen LogP contribution in [-0.2, 0) is 0 Å². The maximum Gasteiger partial charge on any atom is 0.267 e. The van der Waals surface area contributed by atoms with Crippen molar-refractivity contribution >= 4 is 22.9 Å². The molecule has 1 N–H and O–H groups in total. The first-order valence-electron chi connectivity index (χ1n) is 6.49. The first kappa shape index (κ1) is 13.5. The zero-order valence-electron chi connectivity index (χ0n) is 11.7. The zero-order chi connectivity index (χ0) is 14.8. The number of aromatic nitrogens is 3. The lowest BCUT2D eigenvalue weighted by Gasteiger charge is -2.10. The normalized spacial score (nSPS) is 10.6. The first-order valence-corrected chi connectivity index (χ1v) is 7.31. The summed E-state index contributed by atoms with van der Waals surface area (Å²) in [4.78, 5) is 17.3. The van der Waals surface area contributed by atoms with Gasteiger partial charge in [-0.1, -0.05) is 12.1 Å². The Kier molecular flexibility index (Phi) is 3.53. The summed E-state index contributed by atoms with van der Waals surface area (Å²) >= 11 is 1.40. The number of anilines is 1. The fraction of sp³-hybridized carbons (Fsp3) is 0.133. The van der Waals surface area contributed by atoms with E-state index in [1.807, 2.05) is 50.4 Å². The van der Waals surface area contributed by atoms with Gasteiger partial charge in [0, 0.05) is 12.4 Å². The van der Waals surface area contributed by atoms with Crippen LogP contribution in [0.3, 0.4) is 0 Å². The fourth-order valence-electron chi connectivity index (χ4n) is 2.11. The summed E-state index contributed by atoms with van der Waals surface area (Å²) in [6.45, 7) is 3.74. The molecule has 0 atom stereocenters. The third-order valence-electron chi connectivity index (χ3n) is 3.01. The van der Waals surface area contributed by atoms with Crippen molar-refractivity contribution in [3.63, 3.8) is 0 Å². The Morgan fingerprint density at radius 2 is 2.05 bits per heavy atom. The van der Waals surface area contributed by atoms with Crippen LogP contribution in [-0.4, -0.2) is 20.7 Å². The monoisotopic (exact) mass is 298 g/mol. The summed E-state index contributed by atoms with van der Waals surface area (Å²) in [6, 6.07) is 9.41. The van der Waals surface area contributed by atoms with Gasteiger partial charge < -0.3 is 5.32 Å². The standard InChI is InChI=1S/C15H14N4OS/c1-10-14(21-11(2)17-10)15(20)18-12-6-3-4-7-13(12)19-9-5-8-16-19/h3-9H,1-2H3,(H,18,20). The second-order valence-corrected chi connectivity index (χ2v) is 5.77. The highest BCUT2D eigenvalue weighted by Gasteiger charge is 2.15. The number of nitrogens with zero attached hydrogens (tertiary/aromatic N) is 3. The molecule has 3 rings (SSSR count). The maximum absolute atomic E-state index is 12.4.